The molecule has 158 valence electrons. The molecule has 2 aromatic rings. The average Bonchev–Trinajstić information content (AvgIpc) is 3.33. The molecule has 0 amide bonds. The van der Waals surface area contributed by atoms with Gasteiger partial charge < -0.3 is 25.3 Å². The fourth-order valence-corrected chi connectivity index (χ4v) is 4.07. The van der Waals surface area contributed by atoms with Crippen molar-refractivity contribution in [3.8, 4) is 0 Å². The first-order valence-electron chi connectivity index (χ1n) is 10.6. The second kappa shape index (κ2) is 9.75. The molecule has 7 nitrogen and oxygen atoms in total. The maximum atomic E-state index is 5.36. The van der Waals surface area contributed by atoms with Crippen molar-refractivity contribution in [1.82, 2.24) is 15.3 Å². The van der Waals surface area contributed by atoms with Crippen LogP contribution in [0.25, 0.3) is 0 Å². The van der Waals surface area contributed by atoms with Crippen molar-refractivity contribution < 1.29 is 0 Å². The first-order valence-corrected chi connectivity index (χ1v) is 11.0. The fourth-order valence-electron chi connectivity index (χ4n) is 3.89. The third-order valence-electron chi connectivity index (χ3n) is 5.49. The molecule has 0 bridgehead atoms. The first-order chi connectivity index (χ1) is 14.7. The number of nitrogens with zero attached hydrogens (tertiary/aromatic N) is 5. The maximum absolute atomic E-state index is 5.36. The van der Waals surface area contributed by atoms with Crippen LogP contribution >= 0.6 is 12.2 Å². The molecule has 0 saturated carbocycles. The lowest BCUT2D eigenvalue weighted by Crippen LogP contribution is -2.47. The van der Waals surface area contributed by atoms with E-state index in [4.69, 9.17) is 22.2 Å². The Bertz CT molecular complexity index is 859. The van der Waals surface area contributed by atoms with Crippen molar-refractivity contribution in [2.75, 3.05) is 65.8 Å². The molecule has 2 saturated heterocycles. The smallest absolute Gasteiger partial charge is 0.232 e. The van der Waals surface area contributed by atoms with Crippen molar-refractivity contribution >= 4 is 40.6 Å². The Labute approximate surface area is 183 Å². The van der Waals surface area contributed by atoms with Crippen LogP contribution in [-0.4, -0.2) is 60.9 Å². The van der Waals surface area contributed by atoms with Gasteiger partial charge in [0.2, 0.25) is 5.95 Å². The van der Waals surface area contributed by atoms with Gasteiger partial charge >= 0.3 is 0 Å². The van der Waals surface area contributed by atoms with Crippen LogP contribution in [0.4, 0.5) is 23.3 Å². The summed E-state index contributed by atoms with van der Waals surface area (Å²) in [6, 6.07) is 12.7. The molecule has 1 aromatic carbocycles. The van der Waals surface area contributed by atoms with E-state index in [0.717, 1.165) is 50.9 Å². The molecule has 0 radical (unpaired) electrons. The monoisotopic (exact) mass is 423 g/mol. The number of hydrogen-bond donors (Lipinski definition) is 2. The highest BCUT2D eigenvalue weighted by Gasteiger charge is 2.22. The van der Waals surface area contributed by atoms with Crippen molar-refractivity contribution in [3.05, 3.63) is 49.1 Å². The Kier molecular flexibility index (Phi) is 6.63. The first kappa shape index (κ1) is 20.4. The van der Waals surface area contributed by atoms with Gasteiger partial charge in [-0.1, -0.05) is 24.3 Å². The van der Waals surface area contributed by atoms with Crippen LogP contribution < -0.4 is 25.3 Å². The molecule has 3 heterocycles. The van der Waals surface area contributed by atoms with Crippen molar-refractivity contribution in [3.63, 3.8) is 0 Å². The second-order valence-electron chi connectivity index (χ2n) is 7.54. The lowest BCUT2D eigenvalue weighted by molar-refractivity contribution is 0.647. The van der Waals surface area contributed by atoms with Gasteiger partial charge in [0.1, 0.15) is 11.6 Å². The van der Waals surface area contributed by atoms with Gasteiger partial charge in [0.15, 0.2) is 5.11 Å². The molecule has 0 atom stereocenters. The van der Waals surface area contributed by atoms with E-state index < -0.39 is 0 Å². The highest BCUT2D eigenvalue weighted by molar-refractivity contribution is 7.80. The Balaban J connectivity index is 1.50. The van der Waals surface area contributed by atoms with Crippen molar-refractivity contribution in [2.45, 2.75) is 12.8 Å². The number of benzene rings is 1. The van der Waals surface area contributed by atoms with Crippen LogP contribution in [0.3, 0.4) is 0 Å². The zero-order chi connectivity index (χ0) is 20.8. The molecule has 4 rings (SSSR count). The predicted octanol–water partition coefficient (Wildman–Crippen LogP) is 2.88. The summed E-state index contributed by atoms with van der Waals surface area (Å²) in [5.41, 5.74) is 1.28. The number of aromatic nitrogens is 2. The summed E-state index contributed by atoms with van der Waals surface area (Å²) in [6.07, 6.45) is 4.18. The number of hydrogen-bond acceptors (Lipinski definition) is 6. The minimum Gasteiger partial charge on any atom is -0.368 e. The number of nitrogens with one attached hydrogen (secondary N) is 2. The summed E-state index contributed by atoms with van der Waals surface area (Å²) in [4.78, 5) is 16.6. The number of thiocarbonyl (C=S) groups is 1. The molecule has 30 heavy (non-hydrogen) atoms. The molecule has 0 aliphatic carbocycles. The fraction of sp³-hybridized carbons (Fsp3) is 0.409. The van der Waals surface area contributed by atoms with E-state index in [0.29, 0.717) is 17.6 Å². The average molecular weight is 424 g/mol. The Morgan fingerprint density at radius 2 is 1.53 bits per heavy atom. The van der Waals surface area contributed by atoms with E-state index in [-0.39, 0.29) is 0 Å². The number of rotatable bonds is 6. The minimum atomic E-state index is 0.508. The van der Waals surface area contributed by atoms with Gasteiger partial charge in [-0.3, -0.25) is 0 Å². The maximum Gasteiger partial charge on any atom is 0.232 e. The normalized spacial score (nSPS) is 16.5. The molecule has 2 N–H and O–H groups in total. The van der Waals surface area contributed by atoms with Crippen LogP contribution in [0.2, 0.25) is 0 Å². The summed E-state index contributed by atoms with van der Waals surface area (Å²) in [5, 5.41) is 6.73. The summed E-state index contributed by atoms with van der Waals surface area (Å²) < 4.78 is 0. The van der Waals surface area contributed by atoms with Crippen LogP contribution in [0.5, 0.6) is 0 Å². The third kappa shape index (κ3) is 4.99. The molecular formula is C22H29N7S. The van der Waals surface area contributed by atoms with E-state index in [1.807, 2.05) is 0 Å². The summed E-state index contributed by atoms with van der Waals surface area (Å²) >= 11 is 5.36. The van der Waals surface area contributed by atoms with Crippen molar-refractivity contribution in [1.29, 1.82) is 0 Å². The van der Waals surface area contributed by atoms with Gasteiger partial charge in [-0.05, 0) is 37.2 Å². The predicted molar refractivity (Wildman–Crippen MR) is 129 cm³/mol. The van der Waals surface area contributed by atoms with E-state index >= 15 is 0 Å². The summed E-state index contributed by atoms with van der Waals surface area (Å²) in [7, 11) is 0. The van der Waals surface area contributed by atoms with Gasteiger partial charge in [-0.2, -0.15) is 9.97 Å². The molecule has 1 aromatic heterocycles. The minimum absolute atomic E-state index is 0.508. The zero-order valence-electron chi connectivity index (χ0n) is 17.3. The Morgan fingerprint density at radius 1 is 0.933 bits per heavy atom. The van der Waals surface area contributed by atoms with Gasteiger partial charge in [0.25, 0.3) is 0 Å². The third-order valence-corrected chi connectivity index (χ3v) is 5.73. The van der Waals surface area contributed by atoms with Crippen LogP contribution in [0, 0.1) is 0 Å². The Hall–Kier alpha value is -2.87. The zero-order valence-corrected chi connectivity index (χ0v) is 18.1. The molecule has 2 aliphatic heterocycles. The summed E-state index contributed by atoms with van der Waals surface area (Å²) in [6.45, 7) is 10.2. The highest BCUT2D eigenvalue weighted by atomic mass is 32.1. The molecule has 0 unspecified atom stereocenters. The van der Waals surface area contributed by atoms with Gasteiger partial charge in [-0.25, -0.2) is 0 Å². The van der Waals surface area contributed by atoms with Gasteiger partial charge in [-0.15, -0.1) is 6.58 Å². The van der Waals surface area contributed by atoms with Crippen LogP contribution in [0.1, 0.15) is 12.8 Å². The van der Waals surface area contributed by atoms with E-state index in [9.17, 15) is 0 Å². The van der Waals surface area contributed by atoms with E-state index in [1.165, 1.54) is 18.5 Å². The summed E-state index contributed by atoms with van der Waals surface area (Å²) in [5.74, 6) is 2.46. The van der Waals surface area contributed by atoms with Crippen molar-refractivity contribution in [2.24, 2.45) is 0 Å². The molecule has 2 fully saturated rings. The topological polar surface area (TPSA) is 59.6 Å². The number of para-hydroxylation sites is 1. The molecular weight excluding hydrogens is 394 g/mol. The van der Waals surface area contributed by atoms with Gasteiger partial charge in [0, 0.05) is 57.6 Å². The number of anilines is 4. The quantitative estimate of drug-likeness (QED) is 0.543. The SMILES string of the molecule is C=CCNC(=S)Nc1nc(N2CCCC2)cc(N2CCN(c3ccccc3)CC2)n1. The number of piperazine rings is 1. The Morgan fingerprint density at radius 3 is 2.17 bits per heavy atom. The highest BCUT2D eigenvalue weighted by Crippen LogP contribution is 2.26. The molecule has 0 spiro atoms. The largest absolute Gasteiger partial charge is 0.368 e. The lowest BCUT2D eigenvalue weighted by atomic mass is 10.2. The standard InChI is InChI=1S/C22H29N7S/c1-2-10-23-22(30)26-21-24-19(28-11-6-7-12-28)17-20(25-21)29-15-13-27(14-16-29)18-8-4-3-5-9-18/h2-5,8-9,17H,1,6-7,10-16H2,(H2,23,24,25,26,30). The van der Waals surface area contributed by atoms with Crippen LogP contribution in [0.15, 0.2) is 49.1 Å². The molecule has 2 aliphatic rings. The van der Waals surface area contributed by atoms with Gasteiger partial charge in [0.05, 0.1) is 0 Å². The second-order valence-corrected chi connectivity index (χ2v) is 7.94. The van der Waals surface area contributed by atoms with Crippen LogP contribution in [-0.2, 0) is 0 Å². The lowest BCUT2D eigenvalue weighted by Gasteiger charge is -2.37. The van der Waals surface area contributed by atoms with E-state index in [2.05, 4.69) is 68.3 Å². The molecule has 8 heteroatoms. The van der Waals surface area contributed by atoms with E-state index in [1.54, 1.807) is 6.08 Å².